The molecule has 1 aliphatic carbocycles. The largest absolute Gasteiger partial charge is 0.416 e. The monoisotopic (exact) mass is 463 g/mol. The van der Waals surface area contributed by atoms with Gasteiger partial charge in [-0.15, -0.1) is 0 Å². The van der Waals surface area contributed by atoms with Gasteiger partial charge in [-0.25, -0.2) is 4.39 Å². The number of carbonyl (C=O) groups is 3. The summed E-state index contributed by atoms with van der Waals surface area (Å²) in [6, 6.07) is 8.57. The number of carbonyl (C=O) groups excluding carboxylic acids is 3. The Balaban J connectivity index is 1.67. The van der Waals surface area contributed by atoms with Gasteiger partial charge in [0.2, 0.25) is 11.8 Å². The molecule has 0 radical (unpaired) electrons. The SMILES string of the molecule is Cc1ccc(N2CC(=O)N(Cc3ccc(C(F)(F)F)cc3)C3(CC(C(N)=O)C3)C2=O)c(F)c1. The maximum atomic E-state index is 14.6. The molecule has 174 valence electrons. The first-order valence-corrected chi connectivity index (χ1v) is 10.3. The Morgan fingerprint density at radius 1 is 1.12 bits per heavy atom. The molecule has 2 aromatic carbocycles. The Kier molecular flexibility index (Phi) is 5.42. The molecule has 6 nitrogen and oxygen atoms in total. The van der Waals surface area contributed by atoms with Crippen molar-refractivity contribution >= 4 is 23.4 Å². The molecule has 10 heteroatoms. The van der Waals surface area contributed by atoms with Crippen LogP contribution in [0.3, 0.4) is 0 Å². The van der Waals surface area contributed by atoms with Crippen LogP contribution in [0, 0.1) is 18.7 Å². The number of nitrogens with two attached hydrogens (primary N) is 1. The van der Waals surface area contributed by atoms with Crippen LogP contribution in [-0.2, 0) is 27.1 Å². The highest BCUT2D eigenvalue weighted by Crippen LogP contribution is 2.47. The zero-order chi connectivity index (χ0) is 24.1. The van der Waals surface area contributed by atoms with Crippen LogP contribution in [0.2, 0.25) is 0 Å². The zero-order valence-electron chi connectivity index (χ0n) is 17.7. The number of halogens is 4. The van der Waals surface area contributed by atoms with Crippen molar-refractivity contribution in [1.82, 2.24) is 4.90 Å². The highest BCUT2D eigenvalue weighted by atomic mass is 19.4. The molecule has 1 saturated carbocycles. The minimum absolute atomic E-state index is 0.0302. The second kappa shape index (κ2) is 7.86. The van der Waals surface area contributed by atoms with Crippen molar-refractivity contribution in [3.05, 3.63) is 65.0 Å². The standard InChI is InChI=1S/C23H21F4N3O3/c1-13-2-7-18(17(24)8-13)29-12-19(31)30(22(21(29)33)9-15(10-22)20(28)32)11-14-3-5-16(6-4-14)23(25,26)27/h2-8,15H,9-12H2,1H3,(H2,28,32). The predicted molar refractivity (Wildman–Crippen MR) is 110 cm³/mol. The second-order valence-electron chi connectivity index (χ2n) is 8.56. The third-order valence-electron chi connectivity index (χ3n) is 6.34. The molecule has 2 aromatic rings. The van der Waals surface area contributed by atoms with Crippen LogP contribution in [0.15, 0.2) is 42.5 Å². The van der Waals surface area contributed by atoms with E-state index in [-0.39, 0.29) is 25.1 Å². The van der Waals surface area contributed by atoms with Gasteiger partial charge in [0.05, 0.1) is 11.3 Å². The Labute approximate surface area is 186 Å². The molecule has 0 unspecified atom stereocenters. The van der Waals surface area contributed by atoms with Gasteiger partial charge in [-0.3, -0.25) is 19.3 Å². The number of primary amides is 1. The summed E-state index contributed by atoms with van der Waals surface area (Å²) >= 11 is 0. The molecule has 1 saturated heterocycles. The van der Waals surface area contributed by atoms with Gasteiger partial charge in [-0.05, 0) is 55.2 Å². The van der Waals surface area contributed by atoms with Crippen molar-refractivity contribution in [1.29, 1.82) is 0 Å². The Morgan fingerprint density at radius 2 is 1.76 bits per heavy atom. The van der Waals surface area contributed by atoms with E-state index < -0.39 is 53.3 Å². The van der Waals surface area contributed by atoms with Crippen molar-refractivity contribution in [2.75, 3.05) is 11.4 Å². The van der Waals surface area contributed by atoms with E-state index in [0.29, 0.717) is 11.1 Å². The second-order valence-corrected chi connectivity index (χ2v) is 8.56. The molecule has 0 aromatic heterocycles. The maximum absolute atomic E-state index is 14.6. The highest BCUT2D eigenvalue weighted by Gasteiger charge is 2.61. The topological polar surface area (TPSA) is 83.7 Å². The number of piperazine rings is 1. The molecule has 0 bridgehead atoms. The van der Waals surface area contributed by atoms with Gasteiger partial charge < -0.3 is 10.6 Å². The van der Waals surface area contributed by atoms with Gasteiger partial charge in [0.15, 0.2) is 0 Å². The Morgan fingerprint density at radius 3 is 2.30 bits per heavy atom. The summed E-state index contributed by atoms with van der Waals surface area (Å²) in [5.74, 6) is -2.96. The molecule has 1 heterocycles. The number of aryl methyl sites for hydroxylation is 1. The summed E-state index contributed by atoms with van der Waals surface area (Å²) in [7, 11) is 0. The smallest absolute Gasteiger partial charge is 0.369 e. The lowest BCUT2D eigenvalue weighted by Crippen LogP contribution is -2.73. The fraction of sp³-hybridized carbons (Fsp3) is 0.348. The molecule has 3 amide bonds. The minimum atomic E-state index is -4.50. The lowest BCUT2D eigenvalue weighted by molar-refractivity contribution is -0.164. The van der Waals surface area contributed by atoms with Gasteiger partial charge in [-0.1, -0.05) is 18.2 Å². The number of alkyl halides is 3. The molecular weight excluding hydrogens is 442 g/mol. The molecule has 2 N–H and O–H groups in total. The first-order valence-electron chi connectivity index (χ1n) is 10.3. The van der Waals surface area contributed by atoms with Crippen LogP contribution in [0.4, 0.5) is 23.2 Å². The third kappa shape index (κ3) is 3.94. The number of benzene rings is 2. The van der Waals surface area contributed by atoms with Crippen LogP contribution in [0.5, 0.6) is 0 Å². The van der Waals surface area contributed by atoms with Gasteiger partial charge in [0.1, 0.15) is 17.9 Å². The van der Waals surface area contributed by atoms with E-state index in [1.165, 1.54) is 29.2 Å². The fourth-order valence-electron chi connectivity index (χ4n) is 4.50. The number of amides is 3. The van der Waals surface area contributed by atoms with E-state index in [1.54, 1.807) is 13.0 Å². The van der Waals surface area contributed by atoms with Gasteiger partial charge >= 0.3 is 6.18 Å². The number of hydrogen-bond acceptors (Lipinski definition) is 3. The number of anilines is 1. The van der Waals surface area contributed by atoms with Crippen LogP contribution in [0.25, 0.3) is 0 Å². The number of hydrogen-bond donors (Lipinski definition) is 1. The summed E-state index contributed by atoms with van der Waals surface area (Å²) in [4.78, 5) is 40.7. The molecule has 2 fully saturated rings. The fourth-order valence-corrected chi connectivity index (χ4v) is 4.50. The van der Waals surface area contributed by atoms with Crippen LogP contribution in [-0.4, -0.2) is 34.7 Å². The van der Waals surface area contributed by atoms with Crippen LogP contribution < -0.4 is 10.6 Å². The zero-order valence-corrected chi connectivity index (χ0v) is 17.7. The average molecular weight is 463 g/mol. The maximum Gasteiger partial charge on any atom is 0.416 e. The summed E-state index contributed by atoms with van der Waals surface area (Å²) < 4.78 is 53.2. The van der Waals surface area contributed by atoms with Gasteiger partial charge in [0.25, 0.3) is 5.91 Å². The van der Waals surface area contributed by atoms with Crippen molar-refractivity contribution < 1.29 is 31.9 Å². The highest BCUT2D eigenvalue weighted by molar-refractivity contribution is 6.10. The number of nitrogens with zero attached hydrogens (tertiary/aromatic N) is 2. The van der Waals surface area contributed by atoms with E-state index in [9.17, 15) is 31.9 Å². The lowest BCUT2D eigenvalue weighted by Gasteiger charge is -2.56. The van der Waals surface area contributed by atoms with Crippen molar-refractivity contribution in [3.8, 4) is 0 Å². The quantitative estimate of drug-likeness (QED) is 0.707. The van der Waals surface area contributed by atoms with Crippen LogP contribution >= 0.6 is 0 Å². The first-order chi connectivity index (χ1) is 15.4. The predicted octanol–water partition coefficient (Wildman–Crippen LogP) is 3.16. The summed E-state index contributed by atoms with van der Waals surface area (Å²) in [5, 5.41) is 0. The minimum Gasteiger partial charge on any atom is -0.369 e. The van der Waals surface area contributed by atoms with E-state index in [2.05, 4.69) is 0 Å². The Bertz CT molecular complexity index is 1120. The van der Waals surface area contributed by atoms with Gasteiger partial charge in [-0.2, -0.15) is 13.2 Å². The van der Waals surface area contributed by atoms with E-state index in [1.807, 2.05) is 0 Å². The number of rotatable bonds is 4. The lowest BCUT2D eigenvalue weighted by atomic mass is 9.64. The third-order valence-corrected chi connectivity index (χ3v) is 6.34. The summed E-state index contributed by atoms with van der Waals surface area (Å²) in [5.41, 5.74) is 4.11. The molecule has 2 aliphatic rings. The summed E-state index contributed by atoms with van der Waals surface area (Å²) in [6.45, 7) is 1.13. The molecule has 1 aliphatic heterocycles. The van der Waals surface area contributed by atoms with Crippen molar-refractivity contribution in [2.45, 2.75) is 38.0 Å². The first kappa shape index (κ1) is 22.8. The van der Waals surface area contributed by atoms with Crippen molar-refractivity contribution in [3.63, 3.8) is 0 Å². The molecule has 4 rings (SSSR count). The van der Waals surface area contributed by atoms with E-state index in [0.717, 1.165) is 17.0 Å². The van der Waals surface area contributed by atoms with Crippen molar-refractivity contribution in [2.24, 2.45) is 11.7 Å². The van der Waals surface area contributed by atoms with Gasteiger partial charge in [0, 0.05) is 12.5 Å². The summed E-state index contributed by atoms with van der Waals surface area (Å²) in [6.07, 6.45) is -4.56. The normalized spacial score (nSPS) is 23.1. The molecule has 33 heavy (non-hydrogen) atoms. The molecule has 1 spiro atoms. The van der Waals surface area contributed by atoms with E-state index >= 15 is 0 Å². The average Bonchev–Trinajstić information content (AvgIpc) is 2.69. The Hall–Kier alpha value is -3.43. The van der Waals surface area contributed by atoms with Crippen LogP contribution in [0.1, 0.15) is 29.5 Å². The van der Waals surface area contributed by atoms with E-state index in [4.69, 9.17) is 5.73 Å². The molecule has 0 atom stereocenters. The molecular formula is C23H21F4N3O3.